The van der Waals surface area contributed by atoms with E-state index in [1.807, 2.05) is 37.5 Å². The van der Waals surface area contributed by atoms with Crippen molar-refractivity contribution >= 4 is 38.6 Å². The van der Waals surface area contributed by atoms with Gasteiger partial charge in [0.15, 0.2) is 0 Å². The van der Waals surface area contributed by atoms with Gasteiger partial charge in [0, 0.05) is 33.9 Å². The maximum absolute atomic E-state index is 4.11. The van der Waals surface area contributed by atoms with Crippen LogP contribution in [0, 0.1) is 0 Å². The van der Waals surface area contributed by atoms with Gasteiger partial charge in [0.05, 0.1) is 0 Å². The van der Waals surface area contributed by atoms with Gasteiger partial charge in [-0.3, -0.25) is 4.98 Å². The van der Waals surface area contributed by atoms with E-state index in [-0.39, 0.29) is 0 Å². The van der Waals surface area contributed by atoms with Gasteiger partial charge < -0.3 is 4.90 Å². The Morgan fingerprint density at radius 2 is 1.23 bits per heavy atom. The average Bonchev–Trinajstić information content (AvgIpc) is 2.83. The molecule has 4 rings (SSSR count). The van der Waals surface area contributed by atoms with E-state index < -0.39 is 0 Å². The van der Waals surface area contributed by atoms with Crippen molar-refractivity contribution in [2.75, 3.05) is 4.90 Å². The van der Waals surface area contributed by atoms with Crippen molar-refractivity contribution in [2.45, 2.75) is 6.92 Å². The molecular formula is C28H23BrN2. The Kier molecular flexibility index (Phi) is 6.44. The number of aromatic nitrogens is 1. The van der Waals surface area contributed by atoms with Crippen LogP contribution in [0.1, 0.15) is 12.5 Å². The SMILES string of the molecule is C=C/C(=C\C)c1ccc(N(c2ccc(Br)cc2)c2ccc(-c3ccncc3)cc2)cc1. The lowest BCUT2D eigenvalue weighted by Gasteiger charge is -2.26. The molecule has 0 radical (unpaired) electrons. The third kappa shape index (κ3) is 4.68. The fraction of sp³-hybridized carbons (Fsp3) is 0.0357. The molecule has 0 spiro atoms. The van der Waals surface area contributed by atoms with Crippen LogP contribution in [0.5, 0.6) is 0 Å². The lowest BCUT2D eigenvalue weighted by molar-refractivity contribution is 1.28. The summed E-state index contributed by atoms with van der Waals surface area (Å²) in [6, 6.07) is 29.6. The Morgan fingerprint density at radius 1 is 0.742 bits per heavy atom. The largest absolute Gasteiger partial charge is 0.311 e. The van der Waals surface area contributed by atoms with Crippen LogP contribution in [0.15, 0.2) is 121 Å². The molecule has 0 bridgehead atoms. The summed E-state index contributed by atoms with van der Waals surface area (Å²) >= 11 is 3.54. The van der Waals surface area contributed by atoms with Gasteiger partial charge in [-0.15, -0.1) is 0 Å². The molecule has 0 aliphatic rings. The number of benzene rings is 3. The van der Waals surface area contributed by atoms with Crippen molar-refractivity contribution in [1.82, 2.24) is 4.98 Å². The highest BCUT2D eigenvalue weighted by Gasteiger charge is 2.13. The lowest BCUT2D eigenvalue weighted by Crippen LogP contribution is -2.09. The van der Waals surface area contributed by atoms with Crippen molar-refractivity contribution in [1.29, 1.82) is 0 Å². The summed E-state index contributed by atoms with van der Waals surface area (Å²) in [5.74, 6) is 0. The minimum absolute atomic E-state index is 1.06. The average molecular weight is 467 g/mol. The molecule has 0 amide bonds. The highest BCUT2D eigenvalue weighted by atomic mass is 79.9. The van der Waals surface area contributed by atoms with Crippen molar-refractivity contribution in [3.63, 3.8) is 0 Å². The third-order valence-electron chi connectivity index (χ3n) is 5.21. The van der Waals surface area contributed by atoms with Crippen molar-refractivity contribution in [2.24, 2.45) is 0 Å². The van der Waals surface area contributed by atoms with E-state index in [0.717, 1.165) is 38.2 Å². The highest BCUT2D eigenvalue weighted by Crippen LogP contribution is 2.36. The molecule has 1 aromatic heterocycles. The van der Waals surface area contributed by atoms with E-state index >= 15 is 0 Å². The summed E-state index contributed by atoms with van der Waals surface area (Å²) in [5, 5.41) is 0. The van der Waals surface area contributed by atoms with Crippen molar-refractivity contribution in [3.8, 4) is 11.1 Å². The van der Waals surface area contributed by atoms with Crippen LogP contribution in [0.25, 0.3) is 16.7 Å². The summed E-state index contributed by atoms with van der Waals surface area (Å²) < 4.78 is 1.06. The summed E-state index contributed by atoms with van der Waals surface area (Å²) in [6.45, 7) is 5.95. The quantitative estimate of drug-likeness (QED) is 0.264. The number of anilines is 3. The molecule has 0 saturated heterocycles. The smallest absolute Gasteiger partial charge is 0.0462 e. The van der Waals surface area contributed by atoms with Crippen LogP contribution >= 0.6 is 15.9 Å². The lowest BCUT2D eigenvalue weighted by atomic mass is 10.0. The third-order valence-corrected chi connectivity index (χ3v) is 5.74. The van der Waals surface area contributed by atoms with Gasteiger partial charge >= 0.3 is 0 Å². The first-order chi connectivity index (χ1) is 15.2. The number of hydrogen-bond donors (Lipinski definition) is 0. The summed E-state index contributed by atoms with van der Waals surface area (Å²) in [7, 11) is 0. The number of halogens is 1. The Balaban J connectivity index is 1.75. The van der Waals surface area contributed by atoms with E-state index in [1.165, 1.54) is 5.56 Å². The number of hydrogen-bond acceptors (Lipinski definition) is 2. The molecule has 3 aromatic carbocycles. The Labute approximate surface area is 192 Å². The van der Waals surface area contributed by atoms with Gasteiger partial charge in [-0.2, -0.15) is 0 Å². The van der Waals surface area contributed by atoms with E-state index in [2.05, 4.69) is 111 Å². The second-order valence-corrected chi connectivity index (χ2v) is 8.01. The van der Waals surface area contributed by atoms with Crippen LogP contribution in [-0.2, 0) is 0 Å². The molecular weight excluding hydrogens is 444 g/mol. The maximum atomic E-state index is 4.11. The van der Waals surface area contributed by atoms with Gasteiger partial charge in [-0.1, -0.05) is 58.9 Å². The van der Waals surface area contributed by atoms with Gasteiger partial charge in [0.1, 0.15) is 0 Å². The number of nitrogens with zero attached hydrogens (tertiary/aromatic N) is 2. The van der Waals surface area contributed by atoms with Gasteiger partial charge in [0.25, 0.3) is 0 Å². The molecule has 1 heterocycles. The summed E-state index contributed by atoms with van der Waals surface area (Å²) in [5.41, 5.74) is 7.91. The van der Waals surface area contributed by atoms with E-state index in [0.29, 0.717) is 0 Å². The molecule has 4 aromatic rings. The predicted octanol–water partition coefficient (Wildman–Crippen LogP) is 8.57. The second kappa shape index (κ2) is 9.59. The minimum Gasteiger partial charge on any atom is -0.311 e. The fourth-order valence-electron chi connectivity index (χ4n) is 3.59. The standard InChI is InChI=1S/C28H23BrN2/c1-3-21(4-2)22-5-11-26(12-6-22)31(28-15-9-25(29)10-16-28)27-13-7-23(8-14-27)24-17-19-30-20-18-24/h3-20H,1H2,2H3/b21-4+. The zero-order valence-electron chi connectivity index (χ0n) is 17.4. The summed E-state index contributed by atoms with van der Waals surface area (Å²) in [6.07, 6.45) is 7.61. The molecule has 2 nitrogen and oxygen atoms in total. The number of pyridine rings is 1. The normalized spacial score (nSPS) is 11.2. The molecule has 0 aliphatic heterocycles. The van der Waals surface area contributed by atoms with Crippen LogP contribution in [0.4, 0.5) is 17.1 Å². The first-order valence-electron chi connectivity index (χ1n) is 10.1. The Morgan fingerprint density at radius 3 is 1.74 bits per heavy atom. The van der Waals surface area contributed by atoms with E-state index in [9.17, 15) is 0 Å². The van der Waals surface area contributed by atoms with Crippen LogP contribution in [0.3, 0.4) is 0 Å². The van der Waals surface area contributed by atoms with Gasteiger partial charge in [0.2, 0.25) is 0 Å². The zero-order chi connectivity index (χ0) is 21.6. The maximum Gasteiger partial charge on any atom is 0.0462 e. The topological polar surface area (TPSA) is 16.1 Å². The zero-order valence-corrected chi connectivity index (χ0v) is 19.0. The Hall–Kier alpha value is -3.43. The minimum atomic E-state index is 1.06. The van der Waals surface area contributed by atoms with Crippen LogP contribution in [-0.4, -0.2) is 4.98 Å². The number of allylic oxidation sites excluding steroid dienone is 3. The second-order valence-electron chi connectivity index (χ2n) is 7.09. The fourth-order valence-corrected chi connectivity index (χ4v) is 3.85. The first kappa shape index (κ1) is 20.8. The number of rotatable bonds is 6. The molecule has 0 unspecified atom stereocenters. The molecule has 31 heavy (non-hydrogen) atoms. The molecule has 0 fully saturated rings. The first-order valence-corrected chi connectivity index (χ1v) is 10.9. The molecule has 0 N–H and O–H groups in total. The van der Waals surface area contributed by atoms with Crippen molar-refractivity contribution < 1.29 is 0 Å². The molecule has 0 aliphatic carbocycles. The monoisotopic (exact) mass is 466 g/mol. The molecule has 152 valence electrons. The molecule has 0 saturated carbocycles. The predicted molar refractivity (Wildman–Crippen MR) is 136 cm³/mol. The van der Waals surface area contributed by atoms with Crippen LogP contribution in [0.2, 0.25) is 0 Å². The van der Waals surface area contributed by atoms with E-state index in [1.54, 1.807) is 0 Å². The summed E-state index contributed by atoms with van der Waals surface area (Å²) in [4.78, 5) is 6.37. The van der Waals surface area contributed by atoms with Gasteiger partial charge in [-0.05, 0) is 89.9 Å². The highest BCUT2D eigenvalue weighted by molar-refractivity contribution is 9.10. The van der Waals surface area contributed by atoms with E-state index in [4.69, 9.17) is 0 Å². The molecule has 0 atom stereocenters. The van der Waals surface area contributed by atoms with Gasteiger partial charge in [-0.25, -0.2) is 0 Å². The van der Waals surface area contributed by atoms with Crippen LogP contribution < -0.4 is 4.90 Å². The molecule has 3 heteroatoms. The van der Waals surface area contributed by atoms with Crippen molar-refractivity contribution in [3.05, 3.63) is 126 Å². The Bertz CT molecular complexity index is 1180.